The number of carbonyl (C=O) groups is 2. The van der Waals surface area contributed by atoms with Crippen LogP contribution in [0.5, 0.6) is 17.2 Å². The molecule has 2 unspecified atom stereocenters. The molecule has 0 saturated carbocycles. The predicted octanol–water partition coefficient (Wildman–Crippen LogP) is 6.15. The first-order valence-electron chi connectivity index (χ1n) is 12.9. The predicted molar refractivity (Wildman–Crippen MR) is 161 cm³/mol. The van der Waals surface area contributed by atoms with Crippen molar-refractivity contribution in [3.8, 4) is 17.2 Å². The van der Waals surface area contributed by atoms with Crippen LogP contribution in [0.3, 0.4) is 0 Å². The lowest BCUT2D eigenvalue weighted by molar-refractivity contribution is -0.132. The van der Waals surface area contributed by atoms with Gasteiger partial charge in [-0.25, -0.2) is 0 Å². The number of nitrogens with zero attached hydrogens (tertiary/aromatic N) is 3. The van der Waals surface area contributed by atoms with E-state index in [4.69, 9.17) is 21.1 Å². The molecule has 214 valence electrons. The summed E-state index contributed by atoms with van der Waals surface area (Å²) in [4.78, 5) is 28.4. The molecule has 1 amide bonds. The number of hydrogen-bond donors (Lipinski definition) is 2. The number of amides is 1. The largest absolute Gasteiger partial charge is 0.507 e. The summed E-state index contributed by atoms with van der Waals surface area (Å²) >= 11 is 8.84. The molecule has 4 aromatic rings. The van der Waals surface area contributed by atoms with Gasteiger partial charge in [-0.2, -0.15) is 0 Å². The maximum absolute atomic E-state index is 13.6. The van der Waals surface area contributed by atoms with Crippen molar-refractivity contribution in [3.63, 3.8) is 0 Å². The highest BCUT2D eigenvalue weighted by Crippen LogP contribution is 2.46. The number of fused-ring (bicyclic) bond motifs is 1. The maximum Gasteiger partial charge on any atom is 0.301 e. The van der Waals surface area contributed by atoms with Crippen molar-refractivity contribution in [2.75, 3.05) is 12.0 Å². The van der Waals surface area contributed by atoms with Crippen LogP contribution in [-0.2, 0) is 21.8 Å². The number of aromatic hydroxyl groups is 1. The molecule has 2 aliphatic heterocycles. The standard InChI is InChI=1S/C30H24ClN3O6S2/c1-15-11-19-12-17(8-10-22(19)40-15)26(36)24-25(16-7-9-21(35)23(13-16)39-2)34(28(38)27(24)37)29-32-33-30(42-29)41-14-18-5-3-4-6-20(18)31/h3-10,12-13,15,25,35-36H,11,14H2,1-2H3/b26-24+. The van der Waals surface area contributed by atoms with E-state index in [0.29, 0.717) is 32.7 Å². The van der Waals surface area contributed by atoms with Crippen LogP contribution in [0.2, 0.25) is 5.02 Å². The molecule has 1 fully saturated rings. The van der Waals surface area contributed by atoms with E-state index in [1.54, 1.807) is 24.3 Å². The van der Waals surface area contributed by atoms with E-state index in [2.05, 4.69) is 10.2 Å². The van der Waals surface area contributed by atoms with E-state index in [1.807, 2.05) is 31.2 Å². The second-order valence-electron chi connectivity index (χ2n) is 9.79. The first kappa shape index (κ1) is 28.1. The van der Waals surface area contributed by atoms with Crippen LogP contribution >= 0.6 is 34.7 Å². The second kappa shape index (κ2) is 11.3. The minimum absolute atomic E-state index is 0.00479. The summed E-state index contributed by atoms with van der Waals surface area (Å²) in [5.74, 6) is -0.759. The molecule has 2 atom stereocenters. The number of halogens is 1. The van der Waals surface area contributed by atoms with Gasteiger partial charge in [-0.1, -0.05) is 59.0 Å². The first-order chi connectivity index (χ1) is 20.2. The molecule has 3 aromatic carbocycles. The van der Waals surface area contributed by atoms with Crippen molar-refractivity contribution in [3.05, 3.63) is 93.5 Å². The Kier molecular flexibility index (Phi) is 7.56. The molecule has 2 N–H and O–H groups in total. The number of carbonyl (C=O) groups excluding carboxylic acids is 2. The highest BCUT2D eigenvalue weighted by molar-refractivity contribution is 8.00. The van der Waals surface area contributed by atoms with Crippen LogP contribution in [-0.4, -0.2) is 45.3 Å². The summed E-state index contributed by atoms with van der Waals surface area (Å²) in [6.07, 6.45) is 0.651. The van der Waals surface area contributed by atoms with Gasteiger partial charge in [0.05, 0.1) is 18.7 Å². The smallest absolute Gasteiger partial charge is 0.301 e. The Balaban J connectivity index is 1.42. The molecular weight excluding hydrogens is 598 g/mol. The van der Waals surface area contributed by atoms with Gasteiger partial charge in [-0.15, -0.1) is 10.2 Å². The van der Waals surface area contributed by atoms with Crippen molar-refractivity contribution in [2.45, 2.75) is 35.6 Å². The highest BCUT2D eigenvalue weighted by Gasteiger charge is 2.48. The van der Waals surface area contributed by atoms with E-state index in [9.17, 15) is 19.8 Å². The number of phenolic OH excluding ortho intramolecular Hbond substituents is 1. The summed E-state index contributed by atoms with van der Waals surface area (Å²) in [5.41, 5.74) is 2.53. The molecule has 1 aromatic heterocycles. The Morgan fingerprint density at radius 1 is 1.17 bits per heavy atom. The van der Waals surface area contributed by atoms with Crippen molar-refractivity contribution < 1.29 is 29.3 Å². The van der Waals surface area contributed by atoms with Crippen molar-refractivity contribution in [2.24, 2.45) is 0 Å². The van der Waals surface area contributed by atoms with Crippen molar-refractivity contribution >= 4 is 57.3 Å². The third-order valence-electron chi connectivity index (χ3n) is 7.04. The SMILES string of the molecule is COc1cc(C2/C(=C(\O)c3ccc4c(c3)CC(C)O4)C(=O)C(=O)N2c2nnc(SCc3ccccc3Cl)s2)ccc1O. The third kappa shape index (κ3) is 5.08. The Bertz CT molecular complexity index is 1760. The van der Waals surface area contributed by atoms with E-state index in [1.165, 1.54) is 35.9 Å². The zero-order valence-corrected chi connectivity index (χ0v) is 24.8. The Labute approximate surface area is 254 Å². The number of aliphatic hydroxyl groups excluding tert-OH is 1. The number of phenols is 1. The van der Waals surface area contributed by atoms with Gasteiger partial charge in [-0.05, 0) is 60.0 Å². The fourth-order valence-corrected chi connectivity index (χ4v) is 7.20. The average Bonchev–Trinajstić information content (AvgIpc) is 3.67. The molecule has 0 radical (unpaired) electrons. The highest BCUT2D eigenvalue weighted by atomic mass is 35.5. The number of ether oxygens (including phenoxy) is 2. The number of Topliss-reactive ketones (excluding diaryl/α,β-unsaturated/α-hetero) is 1. The summed E-state index contributed by atoms with van der Waals surface area (Å²) in [5, 5.41) is 31.1. The van der Waals surface area contributed by atoms with Crippen molar-refractivity contribution in [1.29, 1.82) is 0 Å². The van der Waals surface area contributed by atoms with Gasteiger partial charge in [0.1, 0.15) is 17.6 Å². The molecule has 0 spiro atoms. The first-order valence-corrected chi connectivity index (χ1v) is 15.1. The van der Waals surface area contributed by atoms with Crippen LogP contribution in [0, 0.1) is 0 Å². The molecule has 0 bridgehead atoms. The Morgan fingerprint density at radius 2 is 1.98 bits per heavy atom. The van der Waals surface area contributed by atoms with Gasteiger partial charge in [0.15, 0.2) is 15.8 Å². The molecule has 6 rings (SSSR count). The summed E-state index contributed by atoms with van der Waals surface area (Å²) in [7, 11) is 1.40. The number of hydrogen-bond acceptors (Lipinski definition) is 10. The quantitative estimate of drug-likeness (QED) is 0.0823. The topological polar surface area (TPSA) is 122 Å². The van der Waals surface area contributed by atoms with Crippen LogP contribution in [0.15, 0.2) is 70.6 Å². The lowest BCUT2D eigenvalue weighted by Gasteiger charge is -2.23. The molecule has 9 nitrogen and oxygen atoms in total. The van der Waals surface area contributed by atoms with Crippen molar-refractivity contribution in [1.82, 2.24) is 10.2 Å². The number of rotatable bonds is 7. The fourth-order valence-electron chi connectivity index (χ4n) is 5.05. The van der Waals surface area contributed by atoms with E-state index >= 15 is 0 Å². The average molecular weight is 622 g/mol. The van der Waals surface area contributed by atoms with Crippen LogP contribution in [0.4, 0.5) is 5.13 Å². The Morgan fingerprint density at radius 3 is 2.76 bits per heavy atom. The molecule has 42 heavy (non-hydrogen) atoms. The molecule has 3 heterocycles. The molecular formula is C30H24ClN3O6S2. The fraction of sp³-hybridized carbons (Fsp3) is 0.200. The molecule has 2 aliphatic rings. The van der Waals surface area contributed by atoms with Gasteiger partial charge in [0, 0.05) is 22.8 Å². The summed E-state index contributed by atoms with van der Waals surface area (Å²) in [6.45, 7) is 1.95. The third-order valence-corrected chi connectivity index (χ3v) is 9.52. The Hall–Kier alpha value is -4.06. The molecule has 12 heteroatoms. The van der Waals surface area contributed by atoms with Crippen LogP contribution in [0.25, 0.3) is 5.76 Å². The van der Waals surface area contributed by atoms with Crippen LogP contribution < -0.4 is 14.4 Å². The normalized spacial score (nSPS) is 19.2. The number of aliphatic hydroxyl groups is 1. The monoisotopic (exact) mass is 621 g/mol. The second-order valence-corrected chi connectivity index (χ2v) is 12.4. The van der Waals surface area contributed by atoms with Crippen LogP contribution in [0.1, 0.15) is 35.2 Å². The van der Waals surface area contributed by atoms with E-state index in [-0.39, 0.29) is 34.1 Å². The zero-order chi connectivity index (χ0) is 29.5. The van der Waals surface area contributed by atoms with E-state index < -0.39 is 17.7 Å². The van der Waals surface area contributed by atoms with Gasteiger partial charge in [-0.3, -0.25) is 14.5 Å². The minimum atomic E-state index is -1.06. The maximum atomic E-state index is 13.6. The number of methoxy groups -OCH3 is 1. The van der Waals surface area contributed by atoms with Gasteiger partial charge in [0.2, 0.25) is 5.13 Å². The summed E-state index contributed by atoms with van der Waals surface area (Å²) < 4.78 is 11.6. The lowest BCUT2D eigenvalue weighted by atomic mass is 9.94. The number of aromatic nitrogens is 2. The number of benzene rings is 3. The summed E-state index contributed by atoms with van der Waals surface area (Å²) in [6, 6.07) is 16.1. The number of thioether (sulfide) groups is 1. The minimum Gasteiger partial charge on any atom is -0.507 e. The van der Waals surface area contributed by atoms with Gasteiger partial charge in [0.25, 0.3) is 5.78 Å². The number of anilines is 1. The lowest BCUT2D eigenvalue weighted by Crippen LogP contribution is -2.29. The van der Waals surface area contributed by atoms with Gasteiger partial charge < -0.3 is 19.7 Å². The molecule has 1 saturated heterocycles. The number of ketones is 1. The van der Waals surface area contributed by atoms with Gasteiger partial charge >= 0.3 is 5.91 Å². The zero-order valence-electron chi connectivity index (χ0n) is 22.4. The van der Waals surface area contributed by atoms with E-state index in [0.717, 1.165) is 28.2 Å². The molecule has 0 aliphatic carbocycles.